The lowest BCUT2D eigenvalue weighted by Gasteiger charge is -2.28. The largest absolute Gasteiger partial charge is 0.379 e. The van der Waals surface area contributed by atoms with E-state index in [0.717, 1.165) is 0 Å². The van der Waals surface area contributed by atoms with Gasteiger partial charge in [0.25, 0.3) is 0 Å². The minimum absolute atomic E-state index is 0. The summed E-state index contributed by atoms with van der Waals surface area (Å²) in [6, 6.07) is 0. The van der Waals surface area contributed by atoms with Crippen molar-refractivity contribution in [2.24, 2.45) is 11.1 Å². The van der Waals surface area contributed by atoms with Crippen LogP contribution in [0.4, 0.5) is 0 Å². The summed E-state index contributed by atoms with van der Waals surface area (Å²) in [5.74, 6) is -0.0250. The molecule has 2 N–H and O–H groups in total. The van der Waals surface area contributed by atoms with Crippen molar-refractivity contribution < 1.29 is 14.3 Å². The molecule has 18 heavy (non-hydrogen) atoms. The van der Waals surface area contributed by atoms with Gasteiger partial charge in [-0.1, -0.05) is 13.8 Å². The third-order valence-corrected chi connectivity index (χ3v) is 2.45. The number of halogens is 1. The Labute approximate surface area is 116 Å². The smallest absolute Gasteiger partial charge is 0.248 e. The molecule has 0 aliphatic rings. The average Bonchev–Trinajstić information content (AvgIpc) is 2.28. The van der Waals surface area contributed by atoms with Crippen molar-refractivity contribution >= 4 is 18.3 Å². The molecule has 0 aromatic rings. The third kappa shape index (κ3) is 9.65. The number of nitrogens with zero attached hydrogens (tertiary/aromatic N) is 1. The second-order valence-electron chi connectivity index (χ2n) is 4.87. The highest BCUT2D eigenvalue weighted by molar-refractivity contribution is 5.85. The van der Waals surface area contributed by atoms with E-state index < -0.39 is 0 Å². The van der Waals surface area contributed by atoms with Crippen LogP contribution in [-0.2, 0) is 14.3 Å². The van der Waals surface area contributed by atoms with Crippen molar-refractivity contribution in [3.05, 3.63) is 0 Å². The van der Waals surface area contributed by atoms with Gasteiger partial charge < -0.3 is 20.1 Å². The van der Waals surface area contributed by atoms with E-state index in [2.05, 4.69) is 0 Å². The van der Waals surface area contributed by atoms with E-state index >= 15 is 0 Å². The second kappa shape index (κ2) is 10.6. The van der Waals surface area contributed by atoms with Crippen molar-refractivity contribution in [3.8, 4) is 0 Å². The van der Waals surface area contributed by atoms with Crippen molar-refractivity contribution in [1.29, 1.82) is 0 Å². The van der Waals surface area contributed by atoms with Gasteiger partial charge in [0.1, 0.15) is 6.61 Å². The van der Waals surface area contributed by atoms with Gasteiger partial charge >= 0.3 is 0 Å². The summed E-state index contributed by atoms with van der Waals surface area (Å²) in [6.45, 7) is 8.93. The van der Waals surface area contributed by atoms with E-state index in [-0.39, 0.29) is 30.3 Å². The van der Waals surface area contributed by atoms with Crippen LogP contribution in [0.1, 0.15) is 20.8 Å². The number of rotatable bonds is 9. The zero-order valence-corrected chi connectivity index (χ0v) is 12.7. The molecule has 0 fully saturated rings. The maximum atomic E-state index is 11.7. The lowest BCUT2D eigenvalue weighted by molar-refractivity contribution is -0.136. The van der Waals surface area contributed by atoms with Gasteiger partial charge in [0.15, 0.2) is 0 Å². The Kier molecular flexibility index (Phi) is 11.7. The molecular weight excluding hydrogens is 256 g/mol. The highest BCUT2D eigenvalue weighted by Crippen LogP contribution is 2.13. The predicted octanol–water partition coefficient (Wildman–Crippen LogP) is 0.905. The molecule has 0 unspecified atom stereocenters. The van der Waals surface area contributed by atoms with Crippen LogP contribution in [0.15, 0.2) is 0 Å². The number of amides is 1. The number of carbonyl (C=O) groups is 1. The van der Waals surface area contributed by atoms with Crippen molar-refractivity contribution in [2.45, 2.75) is 20.8 Å². The zero-order valence-electron chi connectivity index (χ0n) is 11.9. The summed E-state index contributed by atoms with van der Waals surface area (Å²) >= 11 is 0. The van der Waals surface area contributed by atoms with Crippen molar-refractivity contribution in [1.82, 2.24) is 4.90 Å². The van der Waals surface area contributed by atoms with E-state index in [4.69, 9.17) is 15.2 Å². The molecule has 0 rings (SSSR count). The lowest BCUT2D eigenvalue weighted by atomic mass is 9.93. The normalized spacial score (nSPS) is 10.9. The van der Waals surface area contributed by atoms with E-state index in [9.17, 15) is 4.79 Å². The summed E-state index contributed by atoms with van der Waals surface area (Å²) in [5, 5.41) is 0. The first-order valence-electron chi connectivity index (χ1n) is 6.02. The van der Waals surface area contributed by atoms with Crippen LogP contribution in [0.2, 0.25) is 0 Å². The topological polar surface area (TPSA) is 64.8 Å². The van der Waals surface area contributed by atoms with Crippen LogP contribution < -0.4 is 5.73 Å². The summed E-state index contributed by atoms with van der Waals surface area (Å²) in [6.07, 6.45) is 0. The van der Waals surface area contributed by atoms with Crippen LogP contribution in [-0.4, -0.2) is 57.4 Å². The molecule has 6 heteroatoms. The minimum Gasteiger partial charge on any atom is -0.379 e. The molecule has 5 nitrogen and oxygen atoms in total. The summed E-state index contributed by atoms with van der Waals surface area (Å²) in [5.41, 5.74) is 5.56. The van der Waals surface area contributed by atoms with Crippen LogP contribution in [0, 0.1) is 5.41 Å². The first-order valence-corrected chi connectivity index (χ1v) is 6.02. The SMILES string of the molecule is CCOCCOCC(=O)N(C)CC(C)(C)CN.Cl. The van der Waals surface area contributed by atoms with E-state index in [1.165, 1.54) is 0 Å². The molecule has 1 amide bonds. The maximum absolute atomic E-state index is 11.7. The number of hydrogen-bond acceptors (Lipinski definition) is 4. The number of ether oxygens (including phenoxy) is 2. The summed E-state index contributed by atoms with van der Waals surface area (Å²) < 4.78 is 10.3. The fraction of sp³-hybridized carbons (Fsp3) is 0.917. The fourth-order valence-corrected chi connectivity index (χ4v) is 1.33. The van der Waals surface area contributed by atoms with Crippen molar-refractivity contribution in [2.75, 3.05) is 46.6 Å². The van der Waals surface area contributed by atoms with Crippen LogP contribution in [0.25, 0.3) is 0 Å². The Morgan fingerprint density at radius 3 is 2.33 bits per heavy atom. The minimum atomic E-state index is -0.0598. The molecule has 0 saturated carbocycles. The molecule has 0 atom stereocenters. The summed E-state index contributed by atoms with van der Waals surface area (Å²) in [4.78, 5) is 13.3. The van der Waals surface area contributed by atoms with Crippen LogP contribution >= 0.6 is 12.4 Å². The summed E-state index contributed by atoms with van der Waals surface area (Å²) in [7, 11) is 1.77. The fourth-order valence-electron chi connectivity index (χ4n) is 1.33. The van der Waals surface area contributed by atoms with E-state index in [0.29, 0.717) is 32.9 Å². The van der Waals surface area contributed by atoms with Gasteiger partial charge in [-0.25, -0.2) is 0 Å². The van der Waals surface area contributed by atoms with Gasteiger partial charge in [-0.3, -0.25) is 4.79 Å². The third-order valence-electron chi connectivity index (χ3n) is 2.45. The second-order valence-corrected chi connectivity index (χ2v) is 4.87. The van der Waals surface area contributed by atoms with Crippen molar-refractivity contribution in [3.63, 3.8) is 0 Å². The molecule has 0 aromatic carbocycles. The Morgan fingerprint density at radius 2 is 1.83 bits per heavy atom. The number of carbonyl (C=O) groups excluding carboxylic acids is 1. The van der Waals surface area contributed by atoms with Gasteiger partial charge in [-0.2, -0.15) is 0 Å². The highest BCUT2D eigenvalue weighted by atomic mass is 35.5. The number of nitrogens with two attached hydrogens (primary N) is 1. The van der Waals surface area contributed by atoms with E-state index in [1.807, 2.05) is 20.8 Å². The lowest BCUT2D eigenvalue weighted by Crippen LogP contribution is -2.41. The first kappa shape index (κ1) is 20.0. The molecular formula is C12H27ClN2O3. The quantitative estimate of drug-likeness (QED) is 0.638. The molecule has 0 heterocycles. The van der Waals surface area contributed by atoms with Gasteiger partial charge in [0, 0.05) is 20.2 Å². The number of hydrogen-bond donors (Lipinski definition) is 1. The standard InChI is InChI=1S/C12H26N2O3.ClH/c1-5-16-6-7-17-8-11(15)14(4)10-12(2,3)9-13;/h5-10,13H2,1-4H3;1H. The maximum Gasteiger partial charge on any atom is 0.248 e. The highest BCUT2D eigenvalue weighted by Gasteiger charge is 2.20. The predicted molar refractivity (Wildman–Crippen MR) is 75.0 cm³/mol. The molecule has 110 valence electrons. The van der Waals surface area contributed by atoms with Gasteiger partial charge in [0.2, 0.25) is 5.91 Å². The van der Waals surface area contributed by atoms with Gasteiger partial charge in [-0.15, -0.1) is 12.4 Å². The monoisotopic (exact) mass is 282 g/mol. The van der Waals surface area contributed by atoms with E-state index in [1.54, 1.807) is 11.9 Å². The molecule has 0 aromatic heterocycles. The number of likely N-dealkylation sites (N-methyl/N-ethyl adjacent to an activating group) is 1. The Balaban J connectivity index is 0. The Hall–Kier alpha value is -0.360. The molecule has 0 aliphatic heterocycles. The average molecular weight is 283 g/mol. The van der Waals surface area contributed by atoms with Gasteiger partial charge in [0.05, 0.1) is 13.2 Å². The molecule has 0 saturated heterocycles. The van der Waals surface area contributed by atoms with Crippen LogP contribution in [0.5, 0.6) is 0 Å². The van der Waals surface area contributed by atoms with Crippen LogP contribution in [0.3, 0.4) is 0 Å². The molecule has 0 radical (unpaired) electrons. The Morgan fingerprint density at radius 1 is 1.28 bits per heavy atom. The van der Waals surface area contributed by atoms with Gasteiger partial charge in [-0.05, 0) is 18.9 Å². The first-order chi connectivity index (χ1) is 7.93. The molecule has 0 spiro atoms. The Bertz CT molecular complexity index is 225. The zero-order chi connectivity index (χ0) is 13.3. The molecule has 0 bridgehead atoms. The molecule has 0 aliphatic carbocycles.